The molecule has 1 aliphatic heterocycles. The predicted molar refractivity (Wildman–Crippen MR) is 139 cm³/mol. The molecule has 0 radical (unpaired) electrons. The Morgan fingerprint density at radius 1 is 1.03 bits per heavy atom. The summed E-state index contributed by atoms with van der Waals surface area (Å²) in [7, 11) is 0. The summed E-state index contributed by atoms with van der Waals surface area (Å²) in [6, 6.07) is 19.6. The van der Waals surface area contributed by atoms with Gasteiger partial charge in [-0.1, -0.05) is 55.5 Å². The Morgan fingerprint density at radius 3 is 2.58 bits per heavy atom. The summed E-state index contributed by atoms with van der Waals surface area (Å²) in [5.74, 6) is -1.18. The molecule has 0 aromatic heterocycles. The van der Waals surface area contributed by atoms with Crippen LogP contribution in [0.3, 0.4) is 0 Å². The summed E-state index contributed by atoms with van der Waals surface area (Å²) in [4.78, 5) is 13.1. The molecule has 36 heavy (non-hydrogen) atoms. The number of aryl methyl sites for hydroxylation is 2. The number of amides is 1. The molecule has 1 aliphatic rings. The molecule has 0 fully saturated rings. The normalized spacial score (nSPS) is 13.5. The first kappa shape index (κ1) is 25.6. The molecule has 0 aliphatic carbocycles. The molecule has 0 spiro atoms. The van der Waals surface area contributed by atoms with Gasteiger partial charge in [-0.25, -0.2) is 8.78 Å². The van der Waals surface area contributed by atoms with Gasteiger partial charge in [-0.05, 0) is 72.2 Å². The lowest BCUT2D eigenvalue weighted by molar-refractivity contribution is -0.117. The molecule has 6 heteroatoms. The Hall–Kier alpha value is -3.51. The van der Waals surface area contributed by atoms with Crippen molar-refractivity contribution in [3.63, 3.8) is 0 Å². The fraction of sp³-hybridized carbons (Fsp3) is 0.300. The topological polar surface area (TPSA) is 50.4 Å². The molecule has 3 aromatic carbocycles. The van der Waals surface area contributed by atoms with E-state index in [-0.39, 0.29) is 11.7 Å². The molecule has 0 saturated carbocycles. The quantitative estimate of drug-likeness (QED) is 0.364. The molecule has 1 heterocycles. The van der Waals surface area contributed by atoms with Crippen molar-refractivity contribution in [3.8, 4) is 5.75 Å². The summed E-state index contributed by atoms with van der Waals surface area (Å²) in [6.07, 6.45) is 3.15. The van der Waals surface area contributed by atoms with Gasteiger partial charge in [0.05, 0.1) is 6.61 Å². The number of rotatable bonds is 10. The van der Waals surface area contributed by atoms with Crippen molar-refractivity contribution in [2.45, 2.75) is 39.2 Å². The Labute approximate surface area is 211 Å². The number of carbonyl (C=O) groups excluding carboxylic acids is 1. The Bertz CT molecular complexity index is 1220. The smallest absolute Gasteiger partial charge is 0.249 e. The van der Waals surface area contributed by atoms with E-state index in [1.807, 2.05) is 12.1 Å². The minimum absolute atomic E-state index is 0.0334. The van der Waals surface area contributed by atoms with Crippen LogP contribution < -0.4 is 15.4 Å². The molecule has 4 rings (SSSR count). The highest BCUT2D eigenvalue weighted by Gasteiger charge is 2.20. The van der Waals surface area contributed by atoms with Gasteiger partial charge in [0.25, 0.3) is 0 Å². The Kier molecular flexibility index (Phi) is 8.85. The first-order valence-corrected chi connectivity index (χ1v) is 12.5. The highest BCUT2D eigenvalue weighted by Crippen LogP contribution is 2.26. The van der Waals surface area contributed by atoms with E-state index >= 15 is 0 Å². The van der Waals surface area contributed by atoms with Gasteiger partial charge in [0, 0.05) is 24.7 Å². The fourth-order valence-corrected chi connectivity index (χ4v) is 4.50. The van der Waals surface area contributed by atoms with Crippen molar-refractivity contribution < 1.29 is 18.3 Å². The van der Waals surface area contributed by atoms with Crippen molar-refractivity contribution in [2.24, 2.45) is 0 Å². The monoisotopic (exact) mass is 490 g/mol. The molecule has 3 aromatic rings. The predicted octanol–water partition coefficient (Wildman–Crippen LogP) is 5.60. The molecule has 0 saturated heterocycles. The lowest BCUT2D eigenvalue weighted by Gasteiger charge is -2.22. The average molecular weight is 491 g/mol. The number of ether oxygens (including phenoxy) is 1. The Morgan fingerprint density at radius 2 is 1.81 bits per heavy atom. The molecule has 188 valence electrons. The van der Waals surface area contributed by atoms with Gasteiger partial charge >= 0.3 is 0 Å². The minimum Gasteiger partial charge on any atom is -0.490 e. The maximum atomic E-state index is 13.7. The van der Waals surface area contributed by atoms with Gasteiger partial charge in [0.2, 0.25) is 5.91 Å². The van der Waals surface area contributed by atoms with Gasteiger partial charge in [0.15, 0.2) is 11.6 Å². The number of benzene rings is 3. The molecule has 4 nitrogen and oxygen atoms in total. The van der Waals surface area contributed by atoms with Crippen molar-refractivity contribution in [2.75, 3.05) is 19.7 Å². The maximum Gasteiger partial charge on any atom is 0.249 e. The zero-order valence-electron chi connectivity index (χ0n) is 20.6. The molecule has 0 bridgehead atoms. The highest BCUT2D eigenvalue weighted by molar-refractivity contribution is 6.02. The summed E-state index contributed by atoms with van der Waals surface area (Å²) < 4.78 is 32.3. The van der Waals surface area contributed by atoms with Crippen molar-refractivity contribution in [1.29, 1.82) is 0 Å². The SMILES string of the molecule is CCc1ccccc1CNC(=O)C1=C(c2ccc(CCCOc3cc(F)ccc3F)cc2)CCNC1. The van der Waals surface area contributed by atoms with Crippen molar-refractivity contribution in [1.82, 2.24) is 10.6 Å². The van der Waals surface area contributed by atoms with Crippen LogP contribution in [0.4, 0.5) is 8.78 Å². The van der Waals surface area contributed by atoms with Crippen LogP contribution in [0.5, 0.6) is 5.75 Å². The van der Waals surface area contributed by atoms with Crippen LogP contribution in [0, 0.1) is 11.6 Å². The standard InChI is InChI=1S/C30H32F2N2O2/c1-2-22-7-3-4-8-24(22)19-34-30(35)27-20-33-16-15-26(27)23-11-9-21(10-12-23)6-5-17-36-29-18-25(31)13-14-28(29)32/h3-4,7-14,18,33H,2,5-6,15-17,19-20H2,1H3,(H,34,35). The van der Waals surface area contributed by atoms with Crippen LogP contribution in [0.2, 0.25) is 0 Å². The molecule has 2 N–H and O–H groups in total. The van der Waals surface area contributed by atoms with E-state index in [0.717, 1.165) is 71.8 Å². The number of nitrogens with one attached hydrogen (secondary N) is 2. The van der Waals surface area contributed by atoms with E-state index < -0.39 is 11.6 Å². The number of hydrogen-bond acceptors (Lipinski definition) is 3. The zero-order chi connectivity index (χ0) is 25.3. The Balaban J connectivity index is 1.36. The van der Waals surface area contributed by atoms with Crippen LogP contribution >= 0.6 is 0 Å². The molecular formula is C30H32F2N2O2. The van der Waals surface area contributed by atoms with Gasteiger partial charge in [-0.15, -0.1) is 0 Å². The van der Waals surface area contributed by atoms with Gasteiger partial charge in [-0.3, -0.25) is 4.79 Å². The van der Waals surface area contributed by atoms with Crippen LogP contribution in [0.15, 0.2) is 72.3 Å². The molecule has 0 atom stereocenters. The van der Waals surface area contributed by atoms with Gasteiger partial charge in [0.1, 0.15) is 5.82 Å². The van der Waals surface area contributed by atoms with Crippen LogP contribution in [0.25, 0.3) is 5.57 Å². The highest BCUT2D eigenvalue weighted by atomic mass is 19.1. The van der Waals surface area contributed by atoms with E-state index in [2.05, 4.69) is 54.0 Å². The first-order chi connectivity index (χ1) is 17.5. The molecular weight excluding hydrogens is 458 g/mol. The minimum atomic E-state index is -0.564. The second-order valence-electron chi connectivity index (χ2n) is 8.91. The summed E-state index contributed by atoms with van der Waals surface area (Å²) in [6.45, 7) is 4.31. The van der Waals surface area contributed by atoms with Crippen molar-refractivity contribution >= 4 is 11.5 Å². The lowest BCUT2D eigenvalue weighted by Crippen LogP contribution is -2.34. The van der Waals surface area contributed by atoms with E-state index in [1.54, 1.807) is 0 Å². The first-order valence-electron chi connectivity index (χ1n) is 12.5. The van der Waals surface area contributed by atoms with E-state index in [1.165, 1.54) is 5.56 Å². The third-order valence-electron chi connectivity index (χ3n) is 6.49. The number of halogens is 2. The maximum absolute atomic E-state index is 13.7. The summed E-state index contributed by atoms with van der Waals surface area (Å²) in [5, 5.41) is 6.43. The lowest BCUT2D eigenvalue weighted by atomic mass is 9.92. The van der Waals surface area contributed by atoms with Crippen molar-refractivity contribution in [3.05, 3.63) is 106 Å². The number of carbonyl (C=O) groups is 1. The van der Waals surface area contributed by atoms with E-state index in [0.29, 0.717) is 26.1 Å². The van der Waals surface area contributed by atoms with Crippen LogP contribution in [0.1, 0.15) is 42.0 Å². The zero-order valence-corrected chi connectivity index (χ0v) is 20.6. The largest absolute Gasteiger partial charge is 0.490 e. The van der Waals surface area contributed by atoms with Gasteiger partial charge in [-0.2, -0.15) is 0 Å². The van der Waals surface area contributed by atoms with E-state index in [9.17, 15) is 13.6 Å². The summed E-state index contributed by atoms with van der Waals surface area (Å²) in [5.41, 5.74) is 6.43. The van der Waals surface area contributed by atoms with Gasteiger partial charge < -0.3 is 15.4 Å². The molecule has 1 amide bonds. The van der Waals surface area contributed by atoms with Crippen LogP contribution in [-0.4, -0.2) is 25.6 Å². The average Bonchev–Trinajstić information content (AvgIpc) is 2.92. The second-order valence-corrected chi connectivity index (χ2v) is 8.91. The molecule has 0 unspecified atom stereocenters. The fourth-order valence-electron chi connectivity index (χ4n) is 4.50. The third kappa shape index (κ3) is 6.58. The number of hydrogen-bond donors (Lipinski definition) is 2. The second kappa shape index (κ2) is 12.5. The van der Waals surface area contributed by atoms with Crippen LogP contribution in [-0.2, 0) is 24.2 Å². The van der Waals surface area contributed by atoms with E-state index in [4.69, 9.17) is 4.74 Å². The third-order valence-corrected chi connectivity index (χ3v) is 6.49. The summed E-state index contributed by atoms with van der Waals surface area (Å²) >= 11 is 0.